The Bertz CT molecular complexity index is 954. The highest BCUT2D eigenvalue weighted by Crippen LogP contribution is 2.38. The number of hydrogen-bond acceptors (Lipinski definition) is 3. The number of rotatable bonds is 0. The molecule has 1 heterocycles. The lowest BCUT2D eigenvalue weighted by molar-refractivity contribution is 0.100. The fourth-order valence-electron chi connectivity index (χ4n) is 3.11. The maximum absolute atomic E-state index is 12.4. The van der Waals surface area contributed by atoms with Crippen molar-refractivity contribution < 1.29 is 4.79 Å². The molecule has 0 atom stereocenters. The molecule has 2 N–H and O–H groups in total. The van der Waals surface area contributed by atoms with E-state index in [0.29, 0.717) is 12.0 Å². The molecule has 0 bridgehead atoms. The molecule has 3 nitrogen and oxygen atoms in total. The molecule has 4 rings (SSSR count). The summed E-state index contributed by atoms with van der Waals surface area (Å²) < 4.78 is 0. The molecule has 0 saturated heterocycles. The molecule has 0 radical (unpaired) electrons. The van der Waals surface area contributed by atoms with Crippen LogP contribution in [0.3, 0.4) is 0 Å². The highest BCUT2D eigenvalue weighted by atomic mass is 16.1. The van der Waals surface area contributed by atoms with E-state index in [9.17, 15) is 4.79 Å². The summed E-state index contributed by atoms with van der Waals surface area (Å²) in [6.45, 7) is 1.89. The first-order valence-corrected chi connectivity index (χ1v) is 6.96. The number of fused-ring (bicyclic) bond motifs is 4. The van der Waals surface area contributed by atoms with Gasteiger partial charge >= 0.3 is 0 Å². The third-order valence-electron chi connectivity index (χ3n) is 4.07. The second kappa shape index (κ2) is 4.16. The van der Waals surface area contributed by atoms with Gasteiger partial charge < -0.3 is 5.73 Å². The third-order valence-corrected chi connectivity index (χ3v) is 4.07. The summed E-state index contributed by atoms with van der Waals surface area (Å²) in [5, 5.41) is 3.91. The van der Waals surface area contributed by atoms with Crippen LogP contribution in [0, 0.1) is 0 Å². The number of ketones is 1. The molecule has 0 unspecified atom stereocenters. The smallest absolute Gasteiger partial charge is 0.171 e. The van der Waals surface area contributed by atoms with Gasteiger partial charge in [0.25, 0.3) is 0 Å². The van der Waals surface area contributed by atoms with Crippen LogP contribution in [-0.2, 0) is 0 Å². The van der Waals surface area contributed by atoms with Crippen LogP contribution in [-0.4, -0.2) is 11.5 Å². The first-order chi connectivity index (χ1) is 10.1. The summed E-state index contributed by atoms with van der Waals surface area (Å²) in [7, 11) is 0. The number of nitrogen functional groups attached to an aromatic ring is 1. The zero-order valence-corrected chi connectivity index (χ0v) is 11.7. The van der Waals surface area contributed by atoms with Crippen LogP contribution < -0.4 is 5.73 Å². The van der Waals surface area contributed by atoms with Gasteiger partial charge in [0, 0.05) is 28.6 Å². The van der Waals surface area contributed by atoms with E-state index in [1.54, 1.807) is 0 Å². The minimum atomic E-state index is 0.123. The van der Waals surface area contributed by atoms with Gasteiger partial charge in [0.05, 0.1) is 11.3 Å². The molecule has 3 aromatic carbocycles. The molecule has 0 saturated carbocycles. The Morgan fingerprint density at radius 1 is 1.05 bits per heavy atom. The van der Waals surface area contributed by atoms with Gasteiger partial charge in [-0.15, -0.1) is 0 Å². The van der Waals surface area contributed by atoms with Gasteiger partial charge in [0.2, 0.25) is 0 Å². The van der Waals surface area contributed by atoms with Crippen LogP contribution >= 0.6 is 0 Å². The summed E-state index contributed by atoms with van der Waals surface area (Å²) >= 11 is 0. The Morgan fingerprint density at radius 3 is 2.71 bits per heavy atom. The Kier molecular flexibility index (Phi) is 2.39. The van der Waals surface area contributed by atoms with Crippen LogP contribution in [0.4, 0.5) is 11.4 Å². The van der Waals surface area contributed by atoms with Crippen LogP contribution in [0.5, 0.6) is 0 Å². The molecule has 3 aromatic rings. The highest BCUT2D eigenvalue weighted by Gasteiger charge is 2.21. The summed E-state index contributed by atoms with van der Waals surface area (Å²) in [4.78, 5) is 16.9. The zero-order chi connectivity index (χ0) is 14.6. The van der Waals surface area contributed by atoms with Crippen molar-refractivity contribution in [2.24, 2.45) is 4.99 Å². The van der Waals surface area contributed by atoms with Gasteiger partial charge in [-0.25, -0.2) is 0 Å². The summed E-state index contributed by atoms with van der Waals surface area (Å²) in [5.41, 5.74) is 9.36. The maximum Gasteiger partial charge on any atom is 0.171 e. The average Bonchev–Trinajstić information content (AvgIpc) is 2.46. The molecular formula is C18H14N2O. The molecule has 1 aliphatic rings. The molecule has 102 valence electrons. The van der Waals surface area contributed by atoms with Crippen molar-refractivity contribution in [3.8, 4) is 0 Å². The number of nitrogens with two attached hydrogens (primary N) is 1. The lowest BCUT2D eigenvalue weighted by atomic mass is 9.92. The molecule has 3 heteroatoms. The maximum atomic E-state index is 12.4. The molecular weight excluding hydrogens is 260 g/mol. The van der Waals surface area contributed by atoms with Gasteiger partial charge in [0.1, 0.15) is 0 Å². The number of nitrogens with zero attached hydrogens (tertiary/aromatic N) is 1. The summed E-state index contributed by atoms with van der Waals surface area (Å²) in [6.07, 6.45) is 0.388. The van der Waals surface area contributed by atoms with Gasteiger partial charge in [0.15, 0.2) is 5.78 Å². The van der Waals surface area contributed by atoms with Crippen molar-refractivity contribution in [1.29, 1.82) is 0 Å². The minimum Gasteiger partial charge on any atom is -0.398 e. The molecule has 21 heavy (non-hydrogen) atoms. The monoisotopic (exact) mass is 274 g/mol. The van der Waals surface area contributed by atoms with Crippen molar-refractivity contribution in [1.82, 2.24) is 0 Å². The highest BCUT2D eigenvalue weighted by molar-refractivity contribution is 6.24. The van der Waals surface area contributed by atoms with E-state index in [4.69, 9.17) is 5.73 Å². The van der Waals surface area contributed by atoms with Crippen molar-refractivity contribution >= 4 is 44.4 Å². The first-order valence-electron chi connectivity index (χ1n) is 6.96. The van der Waals surface area contributed by atoms with Crippen molar-refractivity contribution in [2.45, 2.75) is 13.3 Å². The SMILES string of the molecule is CC1=Nc2ccc3c(N)c4ccccc4cc3c2C(=O)C1. The first kappa shape index (κ1) is 12.1. The number of carbonyl (C=O) groups excluding carboxylic acids is 1. The largest absolute Gasteiger partial charge is 0.398 e. The van der Waals surface area contributed by atoms with Gasteiger partial charge in [-0.1, -0.05) is 30.3 Å². The molecule has 0 amide bonds. The van der Waals surface area contributed by atoms with Crippen LogP contribution in [0.2, 0.25) is 0 Å². The van der Waals surface area contributed by atoms with E-state index in [-0.39, 0.29) is 5.78 Å². The molecule has 0 spiro atoms. The van der Waals surface area contributed by atoms with E-state index >= 15 is 0 Å². The molecule has 0 fully saturated rings. The van der Waals surface area contributed by atoms with E-state index < -0.39 is 0 Å². The summed E-state index contributed by atoms with van der Waals surface area (Å²) in [6, 6.07) is 13.9. The number of anilines is 1. The van der Waals surface area contributed by atoms with E-state index in [1.807, 2.05) is 49.4 Å². The van der Waals surface area contributed by atoms with E-state index in [0.717, 1.165) is 38.6 Å². The number of benzene rings is 3. The van der Waals surface area contributed by atoms with Crippen molar-refractivity contribution in [3.63, 3.8) is 0 Å². The molecule has 0 aliphatic carbocycles. The fraction of sp³-hybridized carbons (Fsp3) is 0.111. The normalized spacial score (nSPS) is 14.3. The van der Waals surface area contributed by atoms with Crippen LogP contribution in [0.25, 0.3) is 21.5 Å². The number of aliphatic imine (C=N–C) groups is 1. The fourth-order valence-corrected chi connectivity index (χ4v) is 3.11. The Morgan fingerprint density at radius 2 is 1.86 bits per heavy atom. The standard InChI is InChI=1S/C18H14N2O/c1-10-8-16(21)17-14-9-11-4-2-3-5-12(11)18(19)13(14)6-7-15(17)20-10/h2-7,9H,8,19H2,1H3. The van der Waals surface area contributed by atoms with Gasteiger partial charge in [-0.3, -0.25) is 9.79 Å². The van der Waals surface area contributed by atoms with E-state index in [2.05, 4.69) is 4.99 Å². The molecule has 1 aliphatic heterocycles. The van der Waals surface area contributed by atoms with Crippen molar-refractivity contribution in [2.75, 3.05) is 5.73 Å². The van der Waals surface area contributed by atoms with E-state index in [1.165, 1.54) is 0 Å². The third kappa shape index (κ3) is 1.67. The van der Waals surface area contributed by atoms with Gasteiger partial charge in [-0.2, -0.15) is 0 Å². The zero-order valence-electron chi connectivity index (χ0n) is 11.7. The number of hydrogen-bond donors (Lipinski definition) is 1. The van der Waals surface area contributed by atoms with Crippen LogP contribution in [0.1, 0.15) is 23.7 Å². The number of carbonyl (C=O) groups is 1. The quantitative estimate of drug-likeness (QED) is 0.492. The summed E-state index contributed by atoms with van der Waals surface area (Å²) in [5.74, 6) is 0.123. The Hall–Kier alpha value is -2.68. The second-order valence-electron chi connectivity index (χ2n) is 5.51. The predicted molar refractivity (Wildman–Crippen MR) is 87.6 cm³/mol. The van der Waals surface area contributed by atoms with Gasteiger partial charge in [-0.05, 0) is 29.8 Å². The number of Topliss-reactive ketones (excluding diaryl/α,β-unsaturated/α-hetero) is 1. The predicted octanol–water partition coefficient (Wildman–Crippen LogP) is 4.25. The molecule has 0 aromatic heterocycles. The Labute approximate surface area is 122 Å². The topological polar surface area (TPSA) is 55.4 Å². The lowest BCUT2D eigenvalue weighted by Gasteiger charge is -2.16. The average molecular weight is 274 g/mol. The lowest BCUT2D eigenvalue weighted by Crippen LogP contribution is -2.11. The Balaban J connectivity index is 2.21. The second-order valence-corrected chi connectivity index (χ2v) is 5.51. The minimum absolute atomic E-state index is 0.123. The van der Waals surface area contributed by atoms with Crippen molar-refractivity contribution in [3.05, 3.63) is 48.0 Å². The van der Waals surface area contributed by atoms with Crippen LogP contribution in [0.15, 0.2) is 47.5 Å².